The van der Waals surface area contributed by atoms with Crippen LogP contribution in [-0.2, 0) is 4.84 Å². The van der Waals surface area contributed by atoms with Gasteiger partial charge in [-0.1, -0.05) is 12.1 Å². The number of amides is 2. The molecular weight excluding hydrogens is 287 g/mol. The summed E-state index contributed by atoms with van der Waals surface area (Å²) in [6, 6.07) is -1.70. The third kappa shape index (κ3) is 4.05. The fourth-order valence-electron chi connectivity index (χ4n) is 1.38. The van der Waals surface area contributed by atoms with Gasteiger partial charge in [0, 0.05) is 5.56 Å². The van der Waals surface area contributed by atoms with Crippen molar-refractivity contribution in [3.05, 3.63) is 35.4 Å². The summed E-state index contributed by atoms with van der Waals surface area (Å²) >= 11 is 0. The van der Waals surface area contributed by atoms with Crippen LogP contribution in [0, 0.1) is 11.6 Å². The van der Waals surface area contributed by atoms with Crippen molar-refractivity contribution in [3.8, 4) is 0 Å². The average Bonchev–Trinajstić information content (AvgIpc) is 2.36. The van der Waals surface area contributed by atoms with Gasteiger partial charge < -0.3 is 5.32 Å². The number of alkyl halides is 3. The summed E-state index contributed by atoms with van der Waals surface area (Å²) < 4.78 is 64.9. The molecule has 1 aromatic rings. The first kappa shape index (κ1) is 16.2. The van der Waals surface area contributed by atoms with E-state index in [1.54, 1.807) is 5.48 Å². The quantitative estimate of drug-likeness (QED) is 0.663. The van der Waals surface area contributed by atoms with Gasteiger partial charge in [-0.05, 0) is 13.0 Å². The van der Waals surface area contributed by atoms with E-state index < -0.39 is 35.4 Å². The lowest BCUT2D eigenvalue weighted by Gasteiger charge is -2.22. The van der Waals surface area contributed by atoms with Gasteiger partial charge in [-0.25, -0.2) is 19.1 Å². The van der Waals surface area contributed by atoms with Gasteiger partial charge in [0.1, 0.15) is 0 Å². The van der Waals surface area contributed by atoms with Gasteiger partial charge in [-0.15, -0.1) is 0 Å². The molecule has 0 spiro atoms. The summed E-state index contributed by atoms with van der Waals surface area (Å²) in [6.07, 6.45) is -5.00. The van der Waals surface area contributed by atoms with Crippen LogP contribution in [0.15, 0.2) is 18.2 Å². The molecule has 0 aliphatic carbocycles. The number of urea groups is 1. The molecular formula is C11H11F5N2O2. The monoisotopic (exact) mass is 298 g/mol. The average molecular weight is 298 g/mol. The van der Waals surface area contributed by atoms with E-state index in [0.29, 0.717) is 6.07 Å². The minimum Gasteiger partial charge on any atom is -0.321 e. The molecule has 4 nitrogen and oxygen atoms in total. The van der Waals surface area contributed by atoms with Gasteiger partial charge in [0.15, 0.2) is 17.7 Å². The minimum atomic E-state index is -5.00. The first-order chi connectivity index (χ1) is 9.27. The Hall–Kier alpha value is -1.90. The minimum absolute atomic E-state index is 0.0262. The van der Waals surface area contributed by atoms with Crippen molar-refractivity contribution in [3.63, 3.8) is 0 Å². The first-order valence-electron chi connectivity index (χ1n) is 5.46. The van der Waals surface area contributed by atoms with Crippen LogP contribution in [0.4, 0.5) is 26.7 Å². The molecule has 0 saturated carbocycles. The molecule has 112 valence electrons. The van der Waals surface area contributed by atoms with Crippen LogP contribution in [0.3, 0.4) is 0 Å². The lowest BCUT2D eigenvalue weighted by atomic mass is 10.1. The predicted octanol–water partition coefficient (Wildman–Crippen LogP) is 2.82. The molecule has 1 unspecified atom stereocenters. The molecule has 0 fully saturated rings. The Morgan fingerprint density at radius 2 is 2.00 bits per heavy atom. The molecule has 20 heavy (non-hydrogen) atoms. The molecule has 0 radical (unpaired) electrons. The van der Waals surface area contributed by atoms with Crippen LogP contribution in [0.2, 0.25) is 0 Å². The number of benzene rings is 1. The third-order valence-electron chi connectivity index (χ3n) is 2.20. The fraction of sp³-hybridized carbons (Fsp3) is 0.364. The highest BCUT2D eigenvalue weighted by Gasteiger charge is 2.43. The Morgan fingerprint density at radius 1 is 1.35 bits per heavy atom. The van der Waals surface area contributed by atoms with Crippen LogP contribution in [0.25, 0.3) is 0 Å². The van der Waals surface area contributed by atoms with Crippen molar-refractivity contribution in [2.24, 2.45) is 0 Å². The molecule has 0 aliphatic heterocycles. The zero-order chi connectivity index (χ0) is 15.3. The lowest BCUT2D eigenvalue weighted by Crippen LogP contribution is -2.44. The van der Waals surface area contributed by atoms with Crippen molar-refractivity contribution >= 4 is 6.03 Å². The molecule has 9 heteroatoms. The maximum atomic E-state index is 13.4. The lowest BCUT2D eigenvalue weighted by molar-refractivity contribution is -0.156. The normalized spacial score (nSPS) is 12.9. The molecule has 0 saturated heterocycles. The maximum Gasteiger partial charge on any atom is 0.413 e. The van der Waals surface area contributed by atoms with Crippen molar-refractivity contribution < 1.29 is 31.6 Å². The molecule has 1 atom stereocenters. The Balaban J connectivity index is 3.02. The van der Waals surface area contributed by atoms with Gasteiger partial charge >= 0.3 is 12.2 Å². The van der Waals surface area contributed by atoms with Crippen molar-refractivity contribution in [1.29, 1.82) is 0 Å². The highest BCUT2D eigenvalue weighted by molar-refractivity contribution is 5.73. The Kier molecular flexibility index (Phi) is 5.26. The second-order valence-electron chi connectivity index (χ2n) is 3.63. The van der Waals surface area contributed by atoms with E-state index in [0.717, 1.165) is 12.1 Å². The molecule has 0 aliphatic rings. The third-order valence-corrected chi connectivity index (χ3v) is 2.20. The maximum absolute atomic E-state index is 13.4. The Morgan fingerprint density at radius 3 is 2.55 bits per heavy atom. The zero-order valence-electron chi connectivity index (χ0n) is 10.2. The predicted molar refractivity (Wildman–Crippen MR) is 58.4 cm³/mol. The Bertz CT molecular complexity index is 478. The summed E-state index contributed by atoms with van der Waals surface area (Å²) in [5.74, 6) is -3.12. The number of hydrogen-bond acceptors (Lipinski definition) is 2. The summed E-state index contributed by atoms with van der Waals surface area (Å²) in [5, 5.41) is 1.47. The van der Waals surface area contributed by atoms with Gasteiger partial charge in [0.2, 0.25) is 0 Å². The molecule has 0 aromatic heterocycles. The van der Waals surface area contributed by atoms with E-state index in [4.69, 9.17) is 0 Å². The summed E-state index contributed by atoms with van der Waals surface area (Å²) in [5.41, 5.74) is 0.649. The summed E-state index contributed by atoms with van der Waals surface area (Å²) in [7, 11) is 0. The van der Waals surface area contributed by atoms with E-state index in [1.165, 1.54) is 12.2 Å². The molecule has 0 bridgehead atoms. The molecule has 1 rings (SSSR count). The number of carbonyl (C=O) groups is 1. The standard InChI is InChI=1S/C11H11F5N2O2/c1-2-20-18-10(19)17-9(11(14,15)16)6-4-3-5-7(12)8(6)13/h3-5,9H,2H2,1H3,(H2,17,18,19). The van der Waals surface area contributed by atoms with Crippen LogP contribution in [-0.4, -0.2) is 18.8 Å². The number of rotatable bonds is 4. The van der Waals surface area contributed by atoms with Crippen molar-refractivity contribution in [1.82, 2.24) is 10.8 Å². The van der Waals surface area contributed by atoms with E-state index in [2.05, 4.69) is 4.84 Å². The second kappa shape index (κ2) is 6.51. The fourth-order valence-corrected chi connectivity index (χ4v) is 1.38. The number of nitrogens with one attached hydrogen (secondary N) is 2. The molecule has 1 aromatic carbocycles. The highest BCUT2D eigenvalue weighted by atomic mass is 19.4. The molecule has 2 amide bonds. The van der Waals surface area contributed by atoms with Crippen LogP contribution >= 0.6 is 0 Å². The molecule has 2 N–H and O–H groups in total. The van der Waals surface area contributed by atoms with E-state index in [-0.39, 0.29) is 6.61 Å². The van der Waals surface area contributed by atoms with Gasteiger partial charge in [0.25, 0.3) is 0 Å². The van der Waals surface area contributed by atoms with Gasteiger partial charge in [-0.2, -0.15) is 13.2 Å². The number of carbonyl (C=O) groups excluding carboxylic acids is 1. The first-order valence-corrected chi connectivity index (χ1v) is 5.46. The van der Waals surface area contributed by atoms with Crippen LogP contribution < -0.4 is 10.8 Å². The van der Waals surface area contributed by atoms with Gasteiger partial charge in [0.05, 0.1) is 6.61 Å². The summed E-state index contributed by atoms with van der Waals surface area (Å²) in [6.45, 7) is 1.52. The van der Waals surface area contributed by atoms with E-state index in [1.807, 2.05) is 0 Å². The van der Waals surface area contributed by atoms with Crippen LogP contribution in [0.1, 0.15) is 18.5 Å². The topological polar surface area (TPSA) is 50.4 Å². The number of hydrogen-bond donors (Lipinski definition) is 2. The van der Waals surface area contributed by atoms with Crippen LogP contribution in [0.5, 0.6) is 0 Å². The van der Waals surface area contributed by atoms with Gasteiger partial charge in [-0.3, -0.25) is 4.84 Å². The van der Waals surface area contributed by atoms with E-state index in [9.17, 15) is 26.7 Å². The van der Waals surface area contributed by atoms with E-state index >= 15 is 0 Å². The zero-order valence-corrected chi connectivity index (χ0v) is 10.2. The smallest absolute Gasteiger partial charge is 0.321 e. The number of halogens is 5. The highest BCUT2D eigenvalue weighted by Crippen LogP contribution is 2.34. The summed E-state index contributed by atoms with van der Waals surface area (Å²) in [4.78, 5) is 15.6. The second-order valence-corrected chi connectivity index (χ2v) is 3.63. The number of hydroxylamine groups is 1. The molecule has 0 heterocycles. The Labute approximate surface area is 110 Å². The SMILES string of the molecule is CCONC(=O)NC(c1cccc(F)c1F)C(F)(F)F. The van der Waals surface area contributed by atoms with Crippen molar-refractivity contribution in [2.75, 3.05) is 6.61 Å². The largest absolute Gasteiger partial charge is 0.413 e. The van der Waals surface area contributed by atoms with Crippen molar-refractivity contribution in [2.45, 2.75) is 19.1 Å².